The van der Waals surface area contributed by atoms with Crippen molar-refractivity contribution in [3.8, 4) is 0 Å². The van der Waals surface area contributed by atoms with Gasteiger partial charge in [0.15, 0.2) is 0 Å². The SMILES string of the molecule is CCCC1NC(=O)C(CC)N(CC2(C)CC2)C1=O. The molecular weight excluding hydrogens is 228 g/mol. The standard InChI is InChI=1S/C14H24N2O2/c1-4-6-10-13(18)16(9-14(3)7-8-14)11(5-2)12(17)15-10/h10-11H,4-9H2,1-3H3,(H,15,17). The summed E-state index contributed by atoms with van der Waals surface area (Å²) >= 11 is 0. The van der Waals surface area contributed by atoms with E-state index in [9.17, 15) is 9.59 Å². The van der Waals surface area contributed by atoms with E-state index in [1.54, 1.807) is 0 Å². The molecule has 2 amide bonds. The van der Waals surface area contributed by atoms with Crippen LogP contribution >= 0.6 is 0 Å². The molecule has 0 radical (unpaired) electrons. The van der Waals surface area contributed by atoms with Crippen molar-refractivity contribution in [2.24, 2.45) is 5.41 Å². The van der Waals surface area contributed by atoms with Gasteiger partial charge in [0, 0.05) is 6.54 Å². The summed E-state index contributed by atoms with van der Waals surface area (Å²) in [7, 11) is 0. The first-order valence-electron chi connectivity index (χ1n) is 7.11. The molecule has 2 rings (SSSR count). The van der Waals surface area contributed by atoms with Crippen molar-refractivity contribution in [3.63, 3.8) is 0 Å². The van der Waals surface area contributed by atoms with Crippen molar-refractivity contribution in [3.05, 3.63) is 0 Å². The van der Waals surface area contributed by atoms with Gasteiger partial charge in [0.25, 0.3) is 0 Å². The summed E-state index contributed by atoms with van der Waals surface area (Å²) in [6.07, 6.45) is 4.71. The van der Waals surface area contributed by atoms with Crippen LogP contribution in [0, 0.1) is 5.41 Å². The maximum absolute atomic E-state index is 12.4. The van der Waals surface area contributed by atoms with Gasteiger partial charge in [-0.2, -0.15) is 0 Å². The number of amides is 2. The third-order valence-corrected chi connectivity index (χ3v) is 4.20. The van der Waals surface area contributed by atoms with Crippen LogP contribution in [-0.4, -0.2) is 35.3 Å². The highest BCUT2D eigenvalue weighted by Gasteiger charge is 2.46. The third kappa shape index (κ3) is 2.52. The number of nitrogens with zero attached hydrogens (tertiary/aromatic N) is 1. The van der Waals surface area contributed by atoms with Gasteiger partial charge in [-0.1, -0.05) is 27.2 Å². The van der Waals surface area contributed by atoms with Crippen molar-refractivity contribution < 1.29 is 9.59 Å². The van der Waals surface area contributed by atoms with Gasteiger partial charge in [-0.05, 0) is 31.1 Å². The van der Waals surface area contributed by atoms with Crippen LogP contribution in [0.5, 0.6) is 0 Å². The Morgan fingerprint density at radius 2 is 2.00 bits per heavy atom. The minimum atomic E-state index is -0.298. The number of nitrogens with one attached hydrogen (secondary N) is 1. The number of piperazine rings is 1. The summed E-state index contributed by atoms with van der Waals surface area (Å²) < 4.78 is 0. The molecule has 1 saturated carbocycles. The molecule has 2 unspecified atom stereocenters. The van der Waals surface area contributed by atoms with Gasteiger partial charge in [-0.3, -0.25) is 9.59 Å². The van der Waals surface area contributed by atoms with E-state index in [0.29, 0.717) is 6.42 Å². The largest absolute Gasteiger partial charge is 0.343 e. The van der Waals surface area contributed by atoms with E-state index in [0.717, 1.165) is 19.4 Å². The molecule has 1 N–H and O–H groups in total. The second kappa shape index (κ2) is 4.90. The summed E-state index contributed by atoms with van der Waals surface area (Å²) in [6, 6.07) is -0.560. The van der Waals surface area contributed by atoms with E-state index >= 15 is 0 Å². The maximum atomic E-state index is 12.4. The molecule has 18 heavy (non-hydrogen) atoms. The average Bonchev–Trinajstić information content (AvgIpc) is 3.04. The van der Waals surface area contributed by atoms with Crippen LogP contribution in [0.3, 0.4) is 0 Å². The molecule has 0 aromatic heterocycles. The first-order chi connectivity index (χ1) is 8.50. The quantitative estimate of drug-likeness (QED) is 0.809. The van der Waals surface area contributed by atoms with Gasteiger partial charge < -0.3 is 10.2 Å². The molecule has 2 fully saturated rings. The van der Waals surface area contributed by atoms with Gasteiger partial charge >= 0.3 is 0 Å². The highest BCUT2D eigenvalue weighted by molar-refractivity contribution is 5.96. The normalized spacial score (nSPS) is 30.3. The summed E-state index contributed by atoms with van der Waals surface area (Å²) in [4.78, 5) is 26.4. The van der Waals surface area contributed by atoms with Crippen LogP contribution in [0.1, 0.15) is 52.9 Å². The van der Waals surface area contributed by atoms with E-state index in [1.165, 1.54) is 12.8 Å². The first kappa shape index (κ1) is 13.4. The summed E-state index contributed by atoms with van der Waals surface area (Å²) in [5, 5.41) is 2.87. The minimum absolute atomic E-state index is 0.0276. The Bertz CT molecular complexity index is 350. The Morgan fingerprint density at radius 1 is 1.33 bits per heavy atom. The van der Waals surface area contributed by atoms with Gasteiger partial charge in [0.1, 0.15) is 12.1 Å². The van der Waals surface area contributed by atoms with Crippen molar-refractivity contribution in [1.82, 2.24) is 10.2 Å². The Kier molecular flexibility index (Phi) is 3.64. The van der Waals surface area contributed by atoms with Gasteiger partial charge in [-0.25, -0.2) is 0 Å². The Hall–Kier alpha value is -1.06. The smallest absolute Gasteiger partial charge is 0.245 e. The van der Waals surface area contributed by atoms with Crippen LogP contribution in [-0.2, 0) is 9.59 Å². The van der Waals surface area contributed by atoms with Crippen LogP contribution in [0.4, 0.5) is 0 Å². The molecule has 0 aromatic carbocycles. The van der Waals surface area contributed by atoms with E-state index in [2.05, 4.69) is 12.2 Å². The van der Waals surface area contributed by atoms with Crippen LogP contribution < -0.4 is 5.32 Å². The first-order valence-corrected chi connectivity index (χ1v) is 7.11. The van der Waals surface area contributed by atoms with Crippen LogP contribution in [0.25, 0.3) is 0 Å². The van der Waals surface area contributed by atoms with Gasteiger partial charge in [-0.15, -0.1) is 0 Å². The molecule has 2 aliphatic rings. The summed E-state index contributed by atoms with van der Waals surface area (Å²) in [5.41, 5.74) is 0.261. The molecule has 2 atom stereocenters. The van der Waals surface area contributed by atoms with E-state index in [1.807, 2.05) is 18.7 Å². The van der Waals surface area contributed by atoms with Crippen molar-refractivity contribution in [2.75, 3.05) is 6.54 Å². The molecule has 1 aliphatic heterocycles. The molecule has 0 aromatic rings. The Labute approximate surface area is 109 Å². The fourth-order valence-electron chi connectivity index (χ4n) is 2.69. The number of carbonyl (C=O) groups excluding carboxylic acids is 2. The van der Waals surface area contributed by atoms with Gasteiger partial charge in [0.2, 0.25) is 11.8 Å². The molecule has 0 bridgehead atoms. The molecule has 1 saturated heterocycles. The molecule has 0 spiro atoms. The average molecular weight is 252 g/mol. The Morgan fingerprint density at radius 3 is 2.50 bits per heavy atom. The zero-order valence-corrected chi connectivity index (χ0v) is 11.7. The summed E-state index contributed by atoms with van der Waals surface area (Å²) in [5.74, 6) is 0.149. The lowest BCUT2D eigenvalue weighted by molar-refractivity contribution is -0.150. The molecular formula is C14H24N2O2. The monoisotopic (exact) mass is 252 g/mol. The maximum Gasteiger partial charge on any atom is 0.245 e. The second-order valence-corrected chi connectivity index (χ2v) is 6.05. The second-order valence-electron chi connectivity index (χ2n) is 6.05. The highest BCUT2D eigenvalue weighted by Crippen LogP contribution is 2.46. The minimum Gasteiger partial charge on any atom is -0.343 e. The van der Waals surface area contributed by atoms with Crippen LogP contribution in [0.2, 0.25) is 0 Å². The number of hydrogen-bond donors (Lipinski definition) is 1. The highest BCUT2D eigenvalue weighted by atomic mass is 16.2. The lowest BCUT2D eigenvalue weighted by atomic mass is 9.99. The topological polar surface area (TPSA) is 49.4 Å². The van der Waals surface area contributed by atoms with Gasteiger partial charge in [0.05, 0.1) is 0 Å². The molecule has 1 heterocycles. The summed E-state index contributed by atoms with van der Waals surface area (Å²) in [6.45, 7) is 6.96. The Balaban J connectivity index is 2.13. The fraction of sp³-hybridized carbons (Fsp3) is 0.857. The number of hydrogen-bond acceptors (Lipinski definition) is 2. The molecule has 4 nitrogen and oxygen atoms in total. The zero-order chi connectivity index (χ0) is 13.3. The van der Waals surface area contributed by atoms with Crippen molar-refractivity contribution in [2.45, 2.75) is 65.0 Å². The van der Waals surface area contributed by atoms with Crippen LogP contribution in [0.15, 0.2) is 0 Å². The molecule has 4 heteroatoms. The fourth-order valence-corrected chi connectivity index (χ4v) is 2.69. The zero-order valence-electron chi connectivity index (χ0n) is 11.7. The van der Waals surface area contributed by atoms with E-state index < -0.39 is 0 Å². The van der Waals surface area contributed by atoms with E-state index in [-0.39, 0.29) is 29.3 Å². The van der Waals surface area contributed by atoms with Crippen molar-refractivity contribution in [1.29, 1.82) is 0 Å². The third-order valence-electron chi connectivity index (χ3n) is 4.20. The lowest BCUT2D eigenvalue weighted by Crippen LogP contribution is -2.63. The molecule has 102 valence electrons. The van der Waals surface area contributed by atoms with E-state index in [4.69, 9.17) is 0 Å². The number of carbonyl (C=O) groups is 2. The molecule has 1 aliphatic carbocycles. The predicted molar refractivity (Wildman–Crippen MR) is 70.0 cm³/mol. The van der Waals surface area contributed by atoms with Crippen molar-refractivity contribution >= 4 is 11.8 Å². The predicted octanol–water partition coefficient (Wildman–Crippen LogP) is 1.69. The number of rotatable bonds is 5. The lowest BCUT2D eigenvalue weighted by Gasteiger charge is -2.40.